The van der Waals surface area contributed by atoms with E-state index in [0.717, 1.165) is 18.8 Å². The standard InChI is InChI=1S/C19H34N2/c1-6-9-11-17(8-3)16(4)18(12-10-7-2)13-19(5,14-20)15-21/h16-18H,6-13H2,1-5H3. The van der Waals surface area contributed by atoms with Gasteiger partial charge in [0.05, 0.1) is 12.1 Å². The maximum Gasteiger partial charge on any atom is 0.141 e. The van der Waals surface area contributed by atoms with E-state index in [1.165, 1.54) is 38.5 Å². The monoisotopic (exact) mass is 290 g/mol. The van der Waals surface area contributed by atoms with E-state index in [-0.39, 0.29) is 0 Å². The lowest BCUT2D eigenvalue weighted by molar-refractivity contribution is 0.179. The highest BCUT2D eigenvalue weighted by molar-refractivity contribution is 5.11. The molecule has 0 aliphatic heterocycles. The Morgan fingerprint density at radius 1 is 0.905 bits per heavy atom. The first-order valence-corrected chi connectivity index (χ1v) is 8.80. The molecule has 0 aromatic carbocycles. The highest BCUT2D eigenvalue weighted by Crippen LogP contribution is 2.38. The Morgan fingerprint density at radius 3 is 1.76 bits per heavy atom. The zero-order chi connectivity index (χ0) is 16.3. The fraction of sp³-hybridized carbons (Fsp3) is 0.895. The van der Waals surface area contributed by atoms with Gasteiger partial charge in [0.1, 0.15) is 5.41 Å². The molecular formula is C19H34N2. The van der Waals surface area contributed by atoms with Gasteiger partial charge < -0.3 is 0 Å². The highest BCUT2D eigenvalue weighted by Gasteiger charge is 2.32. The van der Waals surface area contributed by atoms with Gasteiger partial charge in [0.2, 0.25) is 0 Å². The smallest absolute Gasteiger partial charge is 0.141 e. The molecule has 0 saturated heterocycles. The van der Waals surface area contributed by atoms with Crippen molar-refractivity contribution in [3.63, 3.8) is 0 Å². The summed E-state index contributed by atoms with van der Waals surface area (Å²) in [5.74, 6) is 1.83. The Labute approximate surface area is 132 Å². The first-order chi connectivity index (χ1) is 9.97. The predicted molar refractivity (Wildman–Crippen MR) is 89.4 cm³/mol. The summed E-state index contributed by atoms with van der Waals surface area (Å²) in [5.41, 5.74) is -0.824. The lowest BCUT2D eigenvalue weighted by Gasteiger charge is -2.33. The van der Waals surface area contributed by atoms with Gasteiger partial charge in [-0.15, -0.1) is 0 Å². The average molecular weight is 290 g/mol. The summed E-state index contributed by atoms with van der Waals surface area (Å²) in [6, 6.07) is 4.46. The minimum absolute atomic E-state index is 0.496. The van der Waals surface area contributed by atoms with Crippen molar-refractivity contribution in [1.29, 1.82) is 10.5 Å². The van der Waals surface area contributed by atoms with E-state index >= 15 is 0 Å². The highest BCUT2D eigenvalue weighted by atomic mass is 14.4. The van der Waals surface area contributed by atoms with E-state index in [1.54, 1.807) is 6.92 Å². The largest absolute Gasteiger partial charge is 0.197 e. The molecule has 120 valence electrons. The maximum absolute atomic E-state index is 9.31. The third-order valence-electron chi connectivity index (χ3n) is 5.03. The van der Waals surface area contributed by atoms with Gasteiger partial charge in [0, 0.05) is 0 Å². The number of rotatable bonds is 11. The molecule has 0 saturated carbocycles. The van der Waals surface area contributed by atoms with Crippen molar-refractivity contribution in [3.8, 4) is 12.1 Å². The van der Waals surface area contributed by atoms with Crippen LogP contribution in [0.25, 0.3) is 0 Å². The molecule has 3 atom stereocenters. The maximum atomic E-state index is 9.31. The second kappa shape index (κ2) is 10.7. The normalized spacial score (nSPS) is 15.8. The van der Waals surface area contributed by atoms with Gasteiger partial charge in [-0.05, 0) is 31.1 Å². The number of hydrogen-bond acceptors (Lipinski definition) is 2. The molecule has 0 bridgehead atoms. The first-order valence-electron chi connectivity index (χ1n) is 8.80. The molecule has 0 radical (unpaired) electrons. The number of nitrogens with zero attached hydrogens (tertiary/aromatic N) is 2. The van der Waals surface area contributed by atoms with Crippen molar-refractivity contribution >= 4 is 0 Å². The fourth-order valence-corrected chi connectivity index (χ4v) is 3.35. The summed E-state index contributed by atoms with van der Waals surface area (Å²) < 4.78 is 0. The van der Waals surface area contributed by atoms with Crippen LogP contribution in [-0.4, -0.2) is 0 Å². The van der Waals surface area contributed by atoms with Gasteiger partial charge >= 0.3 is 0 Å². The molecule has 0 aromatic heterocycles. The SMILES string of the molecule is CCCCC(CC)C(C)C(CCCC)CC(C)(C#N)C#N. The summed E-state index contributed by atoms with van der Waals surface area (Å²) in [7, 11) is 0. The van der Waals surface area contributed by atoms with Gasteiger partial charge in [0.15, 0.2) is 0 Å². The summed E-state index contributed by atoms with van der Waals surface area (Å²) in [4.78, 5) is 0. The molecule has 0 N–H and O–H groups in total. The second-order valence-electron chi connectivity index (χ2n) is 6.83. The number of hydrogen-bond donors (Lipinski definition) is 0. The van der Waals surface area contributed by atoms with E-state index in [2.05, 4.69) is 39.8 Å². The van der Waals surface area contributed by atoms with E-state index in [0.29, 0.717) is 11.8 Å². The Hall–Kier alpha value is -1.02. The quantitative estimate of drug-likeness (QED) is 0.462. The van der Waals surface area contributed by atoms with Crippen LogP contribution in [0, 0.1) is 45.8 Å². The molecule has 0 aliphatic carbocycles. The first kappa shape index (κ1) is 20.0. The zero-order valence-corrected chi connectivity index (χ0v) is 14.8. The van der Waals surface area contributed by atoms with Gasteiger partial charge in [0.25, 0.3) is 0 Å². The Morgan fingerprint density at radius 2 is 1.38 bits per heavy atom. The van der Waals surface area contributed by atoms with Gasteiger partial charge in [-0.3, -0.25) is 0 Å². The molecule has 0 aliphatic rings. The molecule has 0 aromatic rings. The molecule has 21 heavy (non-hydrogen) atoms. The minimum atomic E-state index is -0.824. The third-order valence-corrected chi connectivity index (χ3v) is 5.03. The molecule has 3 unspecified atom stereocenters. The summed E-state index contributed by atoms with van der Waals surface area (Å²) in [6.07, 6.45) is 9.29. The van der Waals surface area contributed by atoms with Crippen LogP contribution < -0.4 is 0 Å². The summed E-state index contributed by atoms with van der Waals surface area (Å²) in [6.45, 7) is 10.9. The van der Waals surface area contributed by atoms with Crippen LogP contribution in [0.15, 0.2) is 0 Å². The third kappa shape index (κ3) is 6.99. The van der Waals surface area contributed by atoms with Crippen LogP contribution in [0.3, 0.4) is 0 Å². The number of nitriles is 2. The second-order valence-corrected chi connectivity index (χ2v) is 6.83. The van der Waals surface area contributed by atoms with Gasteiger partial charge in [-0.25, -0.2) is 0 Å². The van der Waals surface area contributed by atoms with Crippen molar-refractivity contribution in [2.24, 2.45) is 23.2 Å². The molecule has 0 rings (SSSR count). The number of unbranched alkanes of at least 4 members (excludes halogenated alkanes) is 2. The van der Waals surface area contributed by atoms with E-state index in [1.807, 2.05) is 0 Å². The van der Waals surface area contributed by atoms with Crippen LogP contribution in [-0.2, 0) is 0 Å². The van der Waals surface area contributed by atoms with Crippen LogP contribution in [0.4, 0.5) is 0 Å². The fourth-order valence-electron chi connectivity index (χ4n) is 3.35. The zero-order valence-electron chi connectivity index (χ0n) is 14.8. The van der Waals surface area contributed by atoms with Crippen molar-refractivity contribution in [2.45, 2.75) is 86.0 Å². The summed E-state index contributed by atoms with van der Waals surface area (Å²) in [5, 5.41) is 18.6. The van der Waals surface area contributed by atoms with E-state index in [4.69, 9.17) is 0 Å². The van der Waals surface area contributed by atoms with Crippen molar-refractivity contribution in [3.05, 3.63) is 0 Å². The minimum Gasteiger partial charge on any atom is -0.197 e. The Kier molecular flexibility index (Phi) is 10.2. The Bertz CT molecular complexity index is 334. The lowest BCUT2D eigenvalue weighted by atomic mass is 9.70. The molecule has 0 spiro atoms. The van der Waals surface area contributed by atoms with Crippen molar-refractivity contribution in [1.82, 2.24) is 0 Å². The van der Waals surface area contributed by atoms with Gasteiger partial charge in [-0.1, -0.05) is 72.6 Å². The van der Waals surface area contributed by atoms with Crippen molar-refractivity contribution in [2.75, 3.05) is 0 Å². The molecule has 0 heterocycles. The van der Waals surface area contributed by atoms with E-state index < -0.39 is 5.41 Å². The van der Waals surface area contributed by atoms with Crippen molar-refractivity contribution < 1.29 is 0 Å². The molecule has 2 heteroatoms. The van der Waals surface area contributed by atoms with Crippen LogP contribution >= 0.6 is 0 Å². The molecule has 2 nitrogen and oxygen atoms in total. The van der Waals surface area contributed by atoms with E-state index in [9.17, 15) is 10.5 Å². The van der Waals surface area contributed by atoms with Crippen LogP contribution in [0.5, 0.6) is 0 Å². The molecular weight excluding hydrogens is 256 g/mol. The lowest BCUT2D eigenvalue weighted by Crippen LogP contribution is -2.26. The predicted octanol–water partition coefficient (Wildman–Crippen LogP) is 6.09. The van der Waals surface area contributed by atoms with Crippen LogP contribution in [0.1, 0.15) is 86.0 Å². The topological polar surface area (TPSA) is 47.6 Å². The van der Waals surface area contributed by atoms with Crippen LogP contribution in [0.2, 0.25) is 0 Å². The van der Waals surface area contributed by atoms with Gasteiger partial charge in [-0.2, -0.15) is 10.5 Å². The average Bonchev–Trinajstić information content (AvgIpc) is 2.51. The molecule has 0 amide bonds. The molecule has 0 fully saturated rings. The Balaban J connectivity index is 4.94. The summed E-state index contributed by atoms with van der Waals surface area (Å²) >= 11 is 0.